The topological polar surface area (TPSA) is 49.2 Å². The van der Waals surface area contributed by atoms with Crippen LogP contribution in [0.4, 0.5) is 4.79 Å². The van der Waals surface area contributed by atoms with Crippen LogP contribution in [0.3, 0.4) is 0 Å². The van der Waals surface area contributed by atoms with Gasteiger partial charge in [-0.1, -0.05) is 6.58 Å². The van der Waals surface area contributed by atoms with Gasteiger partial charge < -0.3 is 4.90 Å². The van der Waals surface area contributed by atoms with E-state index in [-0.39, 0.29) is 6.03 Å². The fourth-order valence-electron chi connectivity index (χ4n) is 0.536. The number of carbonyl (C=O) groups is 2. The molecule has 60 valence electrons. The van der Waals surface area contributed by atoms with Crippen molar-refractivity contribution in [3.8, 4) is 0 Å². The minimum Gasteiger partial charge on any atom is -0.321 e. The predicted octanol–water partition coefficient (Wildman–Crippen LogP) is 0.114. The molecule has 4 nitrogen and oxygen atoms in total. The van der Waals surface area contributed by atoms with Gasteiger partial charge in [0.05, 0.1) is 0 Å². The summed E-state index contributed by atoms with van der Waals surface area (Å²) in [5.74, 6) is -0.401. The van der Waals surface area contributed by atoms with E-state index in [1.165, 1.54) is 4.90 Å². The summed E-state index contributed by atoms with van der Waals surface area (Å²) in [6, 6.07) is -0.321. The maximum atomic E-state index is 10.9. The Morgan fingerprint density at radius 2 is 2.00 bits per heavy atom. The lowest BCUT2D eigenvalue weighted by Gasteiger charge is -2.02. The van der Waals surface area contributed by atoms with Crippen LogP contribution in [0, 0.1) is 0 Å². The third-order valence-corrected chi connectivity index (χ3v) is 1.34. The highest BCUT2D eigenvalue weighted by molar-refractivity contribution is 6.03. The minimum atomic E-state index is -0.401. The molecule has 1 aliphatic rings. The summed E-state index contributed by atoms with van der Waals surface area (Å²) < 4.78 is 0. The number of nitrogens with zero attached hydrogens (tertiary/aromatic N) is 1. The normalized spacial score (nSPS) is 14.1. The number of rotatable bonds is 1. The maximum Gasteiger partial charge on any atom is 0.324 e. The van der Waals surface area contributed by atoms with Gasteiger partial charge in [-0.2, -0.15) is 0 Å². The quantitative estimate of drug-likeness (QED) is 0.430. The number of amides is 3. The zero-order valence-electron chi connectivity index (χ0n) is 6.39. The van der Waals surface area contributed by atoms with E-state index in [0.29, 0.717) is 5.57 Å². The highest BCUT2D eigenvalue weighted by atomic mass is 16.2. The minimum absolute atomic E-state index is 0.321. The van der Waals surface area contributed by atoms with Crippen molar-refractivity contribution in [1.29, 1.82) is 0 Å². The Balaban J connectivity index is 2.34. The van der Waals surface area contributed by atoms with Crippen LogP contribution < -0.4 is 5.32 Å². The molecule has 0 unspecified atom stereocenters. The summed E-state index contributed by atoms with van der Waals surface area (Å²) in [6.07, 6.45) is 0. The number of urea groups is 1. The standard InChI is InChI=1S/C7H10N2O2/c1-5(2)6(10)8-7(11)9-3-4-9/h1,3-4H2,2H3,(H,8,10,11). The summed E-state index contributed by atoms with van der Waals surface area (Å²) in [4.78, 5) is 23.2. The monoisotopic (exact) mass is 154 g/mol. The van der Waals surface area contributed by atoms with Crippen LogP contribution in [0.2, 0.25) is 0 Å². The van der Waals surface area contributed by atoms with Crippen LogP contribution in [0.5, 0.6) is 0 Å². The first-order chi connectivity index (χ1) is 5.11. The largest absolute Gasteiger partial charge is 0.324 e. The molecule has 1 N–H and O–H groups in total. The molecule has 1 aliphatic heterocycles. The molecule has 3 amide bonds. The summed E-state index contributed by atoms with van der Waals surface area (Å²) in [7, 11) is 0. The van der Waals surface area contributed by atoms with Gasteiger partial charge in [0.1, 0.15) is 0 Å². The van der Waals surface area contributed by atoms with Gasteiger partial charge in [0, 0.05) is 18.7 Å². The molecule has 0 atom stereocenters. The summed E-state index contributed by atoms with van der Waals surface area (Å²) in [6.45, 7) is 6.46. The number of hydrogen-bond donors (Lipinski definition) is 1. The molecule has 0 bridgehead atoms. The number of nitrogens with one attached hydrogen (secondary N) is 1. The Morgan fingerprint density at radius 1 is 1.45 bits per heavy atom. The molecule has 1 saturated heterocycles. The molecule has 11 heavy (non-hydrogen) atoms. The zero-order valence-corrected chi connectivity index (χ0v) is 6.39. The van der Waals surface area contributed by atoms with Crippen molar-refractivity contribution in [1.82, 2.24) is 10.2 Å². The summed E-state index contributed by atoms with van der Waals surface area (Å²) >= 11 is 0. The second-order valence-electron chi connectivity index (χ2n) is 2.53. The lowest BCUT2D eigenvalue weighted by Crippen LogP contribution is -2.34. The van der Waals surface area contributed by atoms with Crippen LogP contribution >= 0.6 is 0 Å². The van der Waals surface area contributed by atoms with Gasteiger partial charge >= 0.3 is 6.03 Å². The van der Waals surface area contributed by atoms with Crippen molar-refractivity contribution in [2.24, 2.45) is 0 Å². The lowest BCUT2D eigenvalue weighted by molar-refractivity contribution is -0.116. The SMILES string of the molecule is C=C(C)C(=O)NC(=O)N1CC1. The van der Waals surface area contributed by atoms with E-state index in [0.717, 1.165) is 13.1 Å². The maximum absolute atomic E-state index is 10.9. The van der Waals surface area contributed by atoms with E-state index in [1.807, 2.05) is 0 Å². The summed E-state index contributed by atoms with van der Waals surface area (Å²) in [5.41, 5.74) is 0.347. The van der Waals surface area contributed by atoms with Gasteiger partial charge in [0.15, 0.2) is 0 Å². The molecule has 4 heteroatoms. The molecule has 0 radical (unpaired) electrons. The van der Waals surface area contributed by atoms with Crippen molar-refractivity contribution >= 4 is 11.9 Å². The van der Waals surface area contributed by atoms with Crippen molar-refractivity contribution in [2.75, 3.05) is 13.1 Å². The van der Waals surface area contributed by atoms with Crippen LogP contribution in [-0.4, -0.2) is 29.9 Å². The average Bonchev–Trinajstić information content (AvgIpc) is 2.67. The smallest absolute Gasteiger partial charge is 0.321 e. The first-order valence-corrected chi connectivity index (χ1v) is 3.37. The fraction of sp³-hybridized carbons (Fsp3) is 0.429. The number of imide groups is 1. The third kappa shape index (κ3) is 2.07. The van der Waals surface area contributed by atoms with Gasteiger partial charge in [0.25, 0.3) is 5.91 Å². The second-order valence-corrected chi connectivity index (χ2v) is 2.53. The Kier molecular flexibility index (Phi) is 1.94. The predicted molar refractivity (Wildman–Crippen MR) is 39.9 cm³/mol. The Labute approximate surface area is 64.9 Å². The zero-order chi connectivity index (χ0) is 8.43. The van der Waals surface area contributed by atoms with E-state index in [9.17, 15) is 9.59 Å². The van der Waals surface area contributed by atoms with Crippen LogP contribution in [-0.2, 0) is 4.79 Å². The highest BCUT2D eigenvalue weighted by Crippen LogP contribution is 2.02. The number of hydrogen-bond acceptors (Lipinski definition) is 2. The van der Waals surface area contributed by atoms with Crippen LogP contribution in [0.15, 0.2) is 12.2 Å². The number of carbonyl (C=O) groups excluding carboxylic acids is 2. The fourth-order valence-corrected chi connectivity index (χ4v) is 0.536. The van der Waals surface area contributed by atoms with Gasteiger partial charge in [-0.15, -0.1) is 0 Å². The Bertz CT molecular complexity index is 218. The van der Waals surface area contributed by atoms with Gasteiger partial charge in [-0.25, -0.2) is 4.79 Å². The van der Waals surface area contributed by atoms with Gasteiger partial charge in [-0.05, 0) is 6.92 Å². The van der Waals surface area contributed by atoms with E-state index < -0.39 is 5.91 Å². The molecule has 0 aromatic carbocycles. The molecule has 0 aromatic rings. The molecule has 1 heterocycles. The van der Waals surface area contributed by atoms with Gasteiger partial charge in [-0.3, -0.25) is 10.1 Å². The van der Waals surface area contributed by atoms with Crippen LogP contribution in [0.1, 0.15) is 6.92 Å². The van der Waals surface area contributed by atoms with Crippen molar-refractivity contribution in [3.05, 3.63) is 12.2 Å². The molecule has 0 aliphatic carbocycles. The van der Waals surface area contributed by atoms with E-state index in [2.05, 4.69) is 11.9 Å². The molecule has 1 fully saturated rings. The molecular weight excluding hydrogens is 144 g/mol. The van der Waals surface area contributed by atoms with E-state index in [4.69, 9.17) is 0 Å². The molecule has 0 aromatic heterocycles. The first-order valence-electron chi connectivity index (χ1n) is 3.37. The molecule has 0 spiro atoms. The molecular formula is C7H10N2O2. The lowest BCUT2D eigenvalue weighted by atomic mass is 10.3. The van der Waals surface area contributed by atoms with E-state index in [1.54, 1.807) is 6.92 Å². The van der Waals surface area contributed by atoms with Crippen molar-refractivity contribution in [3.63, 3.8) is 0 Å². The Morgan fingerprint density at radius 3 is 2.36 bits per heavy atom. The highest BCUT2D eigenvalue weighted by Gasteiger charge is 2.25. The van der Waals surface area contributed by atoms with Crippen molar-refractivity contribution in [2.45, 2.75) is 6.92 Å². The summed E-state index contributed by atoms with van der Waals surface area (Å²) in [5, 5.41) is 2.19. The second kappa shape index (κ2) is 2.74. The average molecular weight is 154 g/mol. The van der Waals surface area contributed by atoms with Crippen LogP contribution in [0.25, 0.3) is 0 Å². The first kappa shape index (κ1) is 7.78. The van der Waals surface area contributed by atoms with E-state index >= 15 is 0 Å². The Hall–Kier alpha value is -1.32. The third-order valence-electron chi connectivity index (χ3n) is 1.34. The van der Waals surface area contributed by atoms with Crippen molar-refractivity contribution < 1.29 is 9.59 Å². The van der Waals surface area contributed by atoms with Gasteiger partial charge in [0.2, 0.25) is 0 Å². The molecule has 0 saturated carbocycles. The molecule has 1 rings (SSSR count).